The summed E-state index contributed by atoms with van der Waals surface area (Å²) in [4.78, 5) is 1.27. The highest BCUT2D eigenvalue weighted by molar-refractivity contribution is 8.01. The first-order chi connectivity index (χ1) is 5.95. The molecule has 0 saturated carbocycles. The second kappa shape index (κ2) is 3.78. The van der Waals surface area contributed by atoms with Gasteiger partial charge in [-0.3, -0.25) is 0 Å². The Bertz CT molecular complexity index is 324. The third kappa shape index (κ3) is 1.90. The Morgan fingerprint density at radius 3 is 2.67 bits per heavy atom. The molecule has 0 amide bonds. The zero-order valence-corrected chi connectivity index (χ0v) is 7.99. The largest absolute Gasteiger partial charge is 0.137 e. The Hall–Kier alpha value is -0.730. The summed E-state index contributed by atoms with van der Waals surface area (Å²) in [5.41, 5.74) is 0. The van der Waals surface area contributed by atoms with E-state index in [2.05, 4.69) is 35.7 Å². The summed E-state index contributed by atoms with van der Waals surface area (Å²) in [5.74, 6) is 0. The Kier molecular flexibility index (Phi) is 2.49. The van der Waals surface area contributed by atoms with Crippen LogP contribution in [0, 0.1) is 6.07 Å². The van der Waals surface area contributed by atoms with Gasteiger partial charge in [0, 0.05) is 4.90 Å². The molecule has 0 aliphatic rings. The van der Waals surface area contributed by atoms with Gasteiger partial charge in [-0.25, -0.2) is 0 Å². The van der Waals surface area contributed by atoms with Crippen molar-refractivity contribution < 1.29 is 0 Å². The summed E-state index contributed by atoms with van der Waals surface area (Å²) in [5, 5.41) is 2.09. The van der Waals surface area contributed by atoms with Crippen molar-refractivity contribution in [2.75, 3.05) is 0 Å². The van der Waals surface area contributed by atoms with Gasteiger partial charge in [-0.1, -0.05) is 30.0 Å². The monoisotopic (exact) mass is 191 g/mol. The van der Waals surface area contributed by atoms with Crippen LogP contribution in [0.3, 0.4) is 0 Å². The van der Waals surface area contributed by atoms with Crippen molar-refractivity contribution in [3.8, 4) is 0 Å². The maximum absolute atomic E-state index is 3.00. The maximum atomic E-state index is 3.00. The van der Waals surface area contributed by atoms with Gasteiger partial charge in [0.15, 0.2) is 0 Å². The lowest BCUT2D eigenvalue weighted by atomic mass is 10.4. The smallest absolute Gasteiger partial charge is 0.0646 e. The fourth-order valence-electron chi connectivity index (χ4n) is 0.877. The van der Waals surface area contributed by atoms with E-state index in [1.807, 2.05) is 12.1 Å². The number of hydrogen-bond donors (Lipinski definition) is 0. The molecule has 0 unspecified atom stereocenters. The molecule has 1 aromatic carbocycles. The molecule has 1 heterocycles. The lowest BCUT2D eigenvalue weighted by Crippen LogP contribution is -1.66. The van der Waals surface area contributed by atoms with E-state index in [1.165, 1.54) is 9.10 Å². The average Bonchev–Trinajstić information content (AvgIpc) is 2.59. The molecule has 0 aliphatic heterocycles. The highest BCUT2D eigenvalue weighted by Gasteiger charge is 1.95. The van der Waals surface area contributed by atoms with Crippen molar-refractivity contribution in [2.45, 2.75) is 9.10 Å². The minimum Gasteiger partial charge on any atom is -0.137 e. The van der Waals surface area contributed by atoms with Crippen LogP contribution in [0.15, 0.2) is 50.9 Å². The predicted molar refractivity (Wildman–Crippen MR) is 53.7 cm³/mol. The molecule has 0 atom stereocenters. The summed E-state index contributed by atoms with van der Waals surface area (Å²) in [6.07, 6.45) is 0. The molecule has 2 heteroatoms. The minimum absolute atomic E-state index is 1.27. The molecule has 1 radical (unpaired) electrons. The molecule has 12 heavy (non-hydrogen) atoms. The van der Waals surface area contributed by atoms with Crippen LogP contribution in [0.5, 0.6) is 0 Å². The Labute approximate surface area is 80.3 Å². The van der Waals surface area contributed by atoms with Crippen LogP contribution in [0.1, 0.15) is 0 Å². The van der Waals surface area contributed by atoms with Crippen LogP contribution in [0.4, 0.5) is 0 Å². The Morgan fingerprint density at radius 1 is 1.17 bits per heavy atom. The van der Waals surface area contributed by atoms with E-state index in [-0.39, 0.29) is 0 Å². The lowest BCUT2D eigenvalue weighted by Gasteiger charge is -1.95. The van der Waals surface area contributed by atoms with Crippen molar-refractivity contribution in [3.63, 3.8) is 0 Å². The molecular formula is C10H7S2. The molecule has 2 aromatic rings. The topological polar surface area (TPSA) is 0 Å². The van der Waals surface area contributed by atoms with Gasteiger partial charge in [0.25, 0.3) is 0 Å². The average molecular weight is 191 g/mol. The van der Waals surface area contributed by atoms with Crippen molar-refractivity contribution in [1.82, 2.24) is 0 Å². The molecule has 0 aliphatic carbocycles. The molecule has 0 bridgehead atoms. The van der Waals surface area contributed by atoms with Crippen LogP contribution in [-0.4, -0.2) is 0 Å². The third-order valence-corrected chi connectivity index (χ3v) is 3.45. The van der Waals surface area contributed by atoms with Crippen molar-refractivity contribution in [3.05, 3.63) is 47.8 Å². The van der Waals surface area contributed by atoms with E-state index in [9.17, 15) is 0 Å². The van der Waals surface area contributed by atoms with Gasteiger partial charge in [-0.2, -0.15) is 0 Å². The standard InChI is InChI=1S/C10H7S2/c1-2-5-9(6-3-1)12-10-7-4-8-11-10/h2-8H. The van der Waals surface area contributed by atoms with E-state index in [0.29, 0.717) is 0 Å². The lowest BCUT2D eigenvalue weighted by molar-refractivity contribution is 1.45. The molecule has 1 aromatic heterocycles. The summed E-state index contributed by atoms with van der Waals surface area (Å²) in [6.45, 7) is 0. The van der Waals surface area contributed by atoms with Crippen LogP contribution >= 0.6 is 23.1 Å². The highest BCUT2D eigenvalue weighted by atomic mass is 32.2. The SMILES string of the molecule is [c]1ccc(Sc2cccs2)cc1. The molecular weight excluding hydrogens is 184 g/mol. The van der Waals surface area contributed by atoms with Gasteiger partial charge < -0.3 is 0 Å². The van der Waals surface area contributed by atoms with E-state index in [0.717, 1.165) is 0 Å². The quantitative estimate of drug-likeness (QED) is 0.697. The van der Waals surface area contributed by atoms with Gasteiger partial charge in [-0.15, -0.1) is 11.3 Å². The summed E-state index contributed by atoms with van der Waals surface area (Å²) >= 11 is 3.56. The minimum atomic E-state index is 1.27. The van der Waals surface area contributed by atoms with E-state index in [4.69, 9.17) is 0 Å². The predicted octanol–water partition coefficient (Wildman–Crippen LogP) is 3.70. The van der Waals surface area contributed by atoms with E-state index < -0.39 is 0 Å². The van der Waals surface area contributed by atoms with Crippen molar-refractivity contribution >= 4 is 23.1 Å². The first-order valence-corrected chi connectivity index (χ1v) is 5.32. The summed E-state index contributed by atoms with van der Waals surface area (Å²) < 4.78 is 1.33. The Morgan fingerprint density at radius 2 is 2.00 bits per heavy atom. The normalized spacial score (nSPS) is 10.0. The molecule has 2 rings (SSSR count). The van der Waals surface area contributed by atoms with E-state index in [1.54, 1.807) is 23.1 Å². The van der Waals surface area contributed by atoms with Gasteiger partial charge >= 0.3 is 0 Å². The van der Waals surface area contributed by atoms with Crippen LogP contribution in [-0.2, 0) is 0 Å². The highest BCUT2D eigenvalue weighted by Crippen LogP contribution is 2.30. The molecule has 59 valence electrons. The number of hydrogen-bond acceptors (Lipinski definition) is 2. The van der Waals surface area contributed by atoms with Crippen LogP contribution in [0.25, 0.3) is 0 Å². The van der Waals surface area contributed by atoms with Crippen molar-refractivity contribution in [2.24, 2.45) is 0 Å². The van der Waals surface area contributed by atoms with Gasteiger partial charge in [-0.05, 0) is 29.6 Å². The number of thiophene rings is 1. The van der Waals surface area contributed by atoms with Gasteiger partial charge in [0.1, 0.15) is 0 Å². The van der Waals surface area contributed by atoms with Gasteiger partial charge in [0.2, 0.25) is 0 Å². The van der Waals surface area contributed by atoms with E-state index >= 15 is 0 Å². The maximum Gasteiger partial charge on any atom is 0.0646 e. The first kappa shape index (κ1) is 7.90. The van der Waals surface area contributed by atoms with Crippen molar-refractivity contribution in [1.29, 1.82) is 0 Å². The Balaban J connectivity index is 2.15. The number of benzene rings is 1. The summed E-state index contributed by atoms with van der Waals surface area (Å²) in [7, 11) is 0. The molecule has 0 fully saturated rings. The fourth-order valence-corrected chi connectivity index (χ4v) is 2.62. The second-order valence-corrected chi connectivity index (χ2v) is 4.59. The number of rotatable bonds is 2. The van der Waals surface area contributed by atoms with Gasteiger partial charge in [0.05, 0.1) is 4.21 Å². The molecule has 0 N–H and O–H groups in total. The molecule has 0 spiro atoms. The second-order valence-electron chi connectivity index (χ2n) is 2.27. The molecule has 0 nitrogen and oxygen atoms in total. The first-order valence-electron chi connectivity index (χ1n) is 3.62. The van der Waals surface area contributed by atoms with Crippen LogP contribution < -0.4 is 0 Å². The fraction of sp³-hybridized carbons (Fsp3) is 0. The molecule has 0 saturated heterocycles. The zero-order chi connectivity index (χ0) is 8.23. The third-order valence-electron chi connectivity index (χ3n) is 1.40. The summed E-state index contributed by atoms with van der Waals surface area (Å²) in [6, 6.07) is 15.2. The van der Waals surface area contributed by atoms with Crippen LogP contribution in [0.2, 0.25) is 0 Å². The zero-order valence-electron chi connectivity index (χ0n) is 6.36.